The number of benzene rings is 2. The van der Waals surface area contributed by atoms with Gasteiger partial charge in [-0.25, -0.2) is 0 Å². The first-order valence-corrected chi connectivity index (χ1v) is 10.5. The predicted octanol–water partition coefficient (Wildman–Crippen LogP) is 2.76. The molecule has 6 nitrogen and oxygen atoms in total. The molecule has 3 aromatic rings. The summed E-state index contributed by atoms with van der Waals surface area (Å²) in [5.41, 5.74) is 1.89. The number of furan rings is 1. The number of hydrogen-bond donors (Lipinski definition) is 3. The number of fused-ring (bicyclic) bond motifs is 1. The minimum absolute atomic E-state index is 0.102. The molecule has 1 saturated heterocycles. The molecule has 160 valence electrons. The lowest BCUT2D eigenvalue weighted by Crippen LogP contribution is -2.46. The van der Waals surface area contributed by atoms with Gasteiger partial charge < -0.3 is 24.5 Å². The van der Waals surface area contributed by atoms with Gasteiger partial charge in [0.1, 0.15) is 18.5 Å². The van der Waals surface area contributed by atoms with Crippen LogP contribution in [0.15, 0.2) is 59.4 Å². The van der Waals surface area contributed by atoms with Crippen molar-refractivity contribution in [3.8, 4) is 16.9 Å². The molecule has 0 saturated carbocycles. The lowest BCUT2D eigenvalue weighted by Gasteiger charge is -2.37. The highest BCUT2D eigenvalue weighted by molar-refractivity contribution is 5.99. The third kappa shape index (κ3) is 4.68. The smallest absolute Gasteiger partial charge is 0.128 e. The zero-order valence-electron chi connectivity index (χ0n) is 17.0. The Morgan fingerprint density at radius 3 is 2.50 bits per heavy atom. The normalized spacial score (nSPS) is 21.0. The largest absolute Gasteiger partial charge is 0.490 e. The average Bonchev–Trinajstić information content (AvgIpc) is 3.31. The van der Waals surface area contributed by atoms with Crippen LogP contribution in [0.4, 0.5) is 0 Å². The van der Waals surface area contributed by atoms with E-state index in [4.69, 9.17) is 9.15 Å². The third-order valence-electron chi connectivity index (χ3n) is 5.82. The van der Waals surface area contributed by atoms with Gasteiger partial charge >= 0.3 is 0 Å². The fourth-order valence-corrected chi connectivity index (χ4v) is 4.45. The highest BCUT2D eigenvalue weighted by Crippen LogP contribution is 2.37. The van der Waals surface area contributed by atoms with Crippen LogP contribution in [0.2, 0.25) is 0 Å². The van der Waals surface area contributed by atoms with Crippen molar-refractivity contribution in [2.45, 2.75) is 12.5 Å². The van der Waals surface area contributed by atoms with Crippen molar-refractivity contribution in [3.05, 3.63) is 55.0 Å². The maximum atomic E-state index is 10.6. The van der Waals surface area contributed by atoms with Crippen LogP contribution in [0, 0.1) is 11.8 Å². The number of nitrogens with zero attached hydrogens (tertiary/aromatic N) is 1. The van der Waals surface area contributed by atoms with Crippen LogP contribution in [-0.4, -0.2) is 65.8 Å². The molecule has 30 heavy (non-hydrogen) atoms. The molecule has 0 spiro atoms. The number of rotatable bonds is 8. The SMILES string of the molecule is OC[C@@H]1C[C@H](CO)CN(CC(O)COc2ccc3ccccc3c2-c2ccoc2)C1. The maximum absolute atomic E-state index is 10.6. The second kappa shape index (κ2) is 9.62. The fourth-order valence-electron chi connectivity index (χ4n) is 4.45. The van der Waals surface area contributed by atoms with Gasteiger partial charge in [-0.05, 0) is 41.2 Å². The van der Waals surface area contributed by atoms with E-state index in [1.807, 2.05) is 30.3 Å². The van der Waals surface area contributed by atoms with Gasteiger partial charge in [0, 0.05) is 44.0 Å². The quantitative estimate of drug-likeness (QED) is 0.529. The highest BCUT2D eigenvalue weighted by atomic mass is 16.5. The summed E-state index contributed by atoms with van der Waals surface area (Å²) in [6, 6.07) is 14.0. The van der Waals surface area contributed by atoms with Crippen LogP contribution in [0.25, 0.3) is 21.9 Å². The molecule has 1 aliphatic heterocycles. The lowest BCUT2D eigenvalue weighted by molar-refractivity contribution is 0.0155. The summed E-state index contributed by atoms with van der Waals surface area (Å²) < 4.78 is 11.3. The molecule has 1 fully saturated rings. The van der Waals surface area contributed by atoms with Crippen molar-refractivity contribution >= 4 is 10.8 Å². The van der Waals surface area contributed by atoms with Gasteiger partial charge in [-0.15, -0.1) is 0 Å². The standard InChI is InChI=1S/C24H29NO5/c26-13-17-9-18(14-27)11-25(10-17)12-21(28)16-30-23-6-5-19-3-1-2-4-22(19)24(23)20-7-8-29-15-20/h1-8,15,17-18,21,26-28H,9-14,16H2/t17-,18+,21?. The van der Waals surface area contributed by atoms with Gasteiger partial charge in [0.2, 0.25) is 0 Å². The number of ether oxygens (including phenoxy) is 1. The summed E-state index contributed by atoms with van der Waals surface area (Å²) >= 11 is 0. The minimum atomic E-state index is -0.676. The van der Waals surface area contributed by atoms with E-state index >= 15 is 0 Å². The summed E-state index contributed by atoms with van der Waals surface area (Å²) in [5, 5.41) is 31.8. The van der Waals surface area contributed by atoms with Gasteiger partial charge in [-0.1, -0.05) is 30.3 Å². The Balaban J connectivity index is 1.46. The first-order chi connectivity index (χ1) is 14.7. The van der Waals surface area contributed by atoms with Crippen molar-refractivity contribution in [3.63, 3.8) is 0 Å². The van der Waals surface area contributed by atoms with Crippen molar-refractivity contribution in [1.82, 2.24) is 4.90 Å². The first kappa shape index (κ1) is 20.9. The van der Waals surface area contributed by atoms with E-state index in [0.717, 1.165) is 41.4 Å². The Bertz CT molecular complexity index is 930. The number of hydrogen-bond acceptors (Lipinski definition) is 6. The Morgan fingerprint density at radius 1 is 1.03 bits per heavy atom. The van der Waals surface area contributed by atoms with Gasteiger partial charge in [0.15, 0.2) is 0 Å². The second-order valence-electron chi connectivity index (χ2n) is 8.19. The van der Waals surface area contributed by atoms with E-state index in [2.05, 4.69) is 17.0 Å². The van der Waals surface area contributed by atoms with Gasteiger partial charge in [0.25, 0.3) is 0 Å². The predicted molar refractivity (Wildman–Crippen MR) is 115 cm³/mol. The van der Waals surface area contributed by atoms with Crippen LogP contribution in [-0.2, 0) is 0 Å². The molecule has 0 radical (unpaired) electrons. The fraction of sp³-hybridized carbons (Fsp3) is 0.417. The zero-order chi connectivity index (χ0) is 20.9. The average molecular weight is 411 g/mol. The molecule has 1 unspecified atom stereocenters. The Morgan fingerprint density at radius 2 is 1.80 bits per heavy atom. The van der Waals surface area contributed by atoms with E-state index < -0.39 is 6.10 Å². The first-order valence-electron chi connectivity index (χ1n) is 10.5. The molecule has 3 N–H and O–H groups in total. The second-order valence-corrected chi connectivity index (χ2v) is 8.19. The minimum Gasteiger partial charge on any atom is -0.490 e. The molecule has 1 aromatic heterocycles. The molecule has 1 aliphatic rings. The molecule has 2 aromatic carbocycles. The maximum Gasteiger partial charge on any atom is 0.128 e. The molecule has 0 bridgehead atoms. The Labute approximate surface area is 176 Å². The van der Waals surface area contributed by atoms with Crippen LogP contribution in [0.3, 0.4) is 0 Å². The summed E-state index contributed by atoms with van der Waals surface area (Å²) in [5.74, 6) is 0.976. The molecule has 6 heteroatoms. The molecule has 2 heterocycles. The molecule has 3 atom stereocenters. The molecular weight excluding hydrogens is 382 g/mol. The Hall–Kier alpha value is -2.38. The lowest BCUT2D eigenvalue weighted by atomic mass is 9.90. The van der Waals surface area contributed by atoms with Gasteiger partial charge in [-0.2, -0.15) is 0 Å². The number of piperidine rings is 1. The summed E-state index contributed by atoms with van der Waals surface area (Å²) in [6.07, 6.45) is 3.48. The van der Waals surface area contributed by atoms with Crippen molar-refractivity contribution in [2.75, 3.05) is 39.5 Å². The summed E-state index contributed by atoms with van der Waals surface area (Å²) in [6.45, 7) is 2.25. The zero-order valence-corrected chi connectivity index (χ0v) is 17.0. The number of likely N-dealkylation sites (tertiary alicyclic amines) is 1. The van der Waals surface area contributed by atoms with E-state index in [9.17, 15) is 15.3 Å². The van der Waals surface area contributed by atoms with Crippen LogP contribution in [0.5, 0.6) is 5.75 Å². The third-order valence-corrected chi connectivity index (χ3v) is 5.82. The Kier molecular flexibility index (Phi) is 6.69. The monoisotopic (exact) mass is 411 g/mol. The van der Waals surface area contributed by atoms with Gasteiger partial charge in [-0.3, -0.25) is 4.90 Å². The van der Waals surface area contributed by atoms with E-state index in [1.165, 1.54) is 0 Å². The van der Waals surface area contributed by atoms with Crippen molar-refractivity contribution < 1.29 is 24.5 Å². The molecule has 0 amide bonds. The van der Waals surface area contributed by atoms with Crippen molar-refractivity contribution in [2.24, 2.45) is 11.8 Å². The van der Waals surface area contributed by atoms with Gasteiger partial charge in [0.05, 0.1) is 12.5 Å². The van der Waals surface area contributed by atoms with Crippen LogP contribution in [0.1, 0.15) is 6.42 Å². The molecular formula is C24H29NO5. The van der Waals surface area contributed by atoms with E-state index in [-0.39, 0.29) is 31.7 Å². The van der Waals surface area contributed by atoms with Crippen molar-refractivity contribution in [1.29, 1.82) is 0 Å². The van der Waals surface area contributed by atoms with Crippen LogP contribution < -0.4 is 4.74 Å². The summed E-state index contributed by atoms with van der Waals surface area (Å²) in [7, 11) is 0. The van der Waals surface area contributed by atoms with Crippen LogP contribution >= 0.6 is 0 Å². The number of aliphatic hydroxyl groups is 3. The van der Waals surface area contributed by atoms with E-state index in [1.54, 1.807) is 12.5 Å². The molecule has 4 rings (SSSR count). The topological polar surface area (TPSA) is 86.3 Å². The number of aliphatic hydroxyl groups excluding tert-OH is 3. The number of β-amino-alcohol motifs (C(OH)–C–C–N with tert-alkyl or cyclic N) is 1. The van der Waals surface area contributed by atoms with E-state index in [0.29, 0.717) is 12.3 Å². The summed E-state index contributed by atoms with van der Waals surface area (Å²) in [4.78, 5) is 2.11. The molecule has 0 aliphatic carbocycles. The highest BCUT2D eigenvalue weighted by Gasteiger charge is 2.27.